The molecule has 0 spiro atoms. The fraction of sp³-hybridized carbons (Fsp3) is 0.500. The molecule has 0 aliphatic carbocycles. The van der Waals surface area contributed by atoms with E-state index in [2.05, 4.69) is 11.9 Å². The maximum Gasteiger partial charge on any atom is 0.138 e. The minimum absolute atomic E-state index is 0.101. The molecule has 0 aliphatic heterocycles. The fourth-order valence-electron chi connectivity index (χ4n) is 1.01. The van der Waals surface area contributed by atoms with Gasteiger partial charge in [-0.3, -0.25) is 4.98 Å². The van der Waals surface area contributed by atoms with Gasteiger partial charge in [0.1, 0.15) is 11.9 Å². The van der Waals surface area contributed by atoms with Gasteiger partial charge in [0.25, 0.3) is 0 Å². The molecule has 72 valence electrons. The molecule has 2 N–H and O–H groups in total. The lowest BCUT2D eigenvalue weighted by Crippen LogP contribution is -2.25. The Labute approximate surface area is 78.9 Å². The van der Waals surface area contributed by atoms with E-state index in [0.29, 0.717) is 6.54 Å². The molecule has 0 aliphatic rings. The SMILES string of the molecule is CCC(CN)Oc1ccc(C)nc1. The van der Waals surface area contributed by atoms with Gasteiger partial charge < -0.3 is 10.5 Å². The zero-order valence-electron chi connectivity index (χ0n) is 8.16. The van der Waals surface area contributed by atoms with E-state index >= 15 is 0 Å². The second-order valence-electron chi connectivity index (χ2n) is 3.02. The van der Waals surface area contributed by atoms with Crippen molar-refractivity contribution in [2.24, 2.45) is 5.73 Å². The maximum atomic E-state index is 5.58. The van der Waals surface area contributed by atoms with E-state index in [0.717, 1.165) is 17.9 Å². The third-order valence-corrected chi connectivity index (χ3v) is 1.91. The minimum Gasteiger partial charge on any atom is -0.488 e. The van der Waals surface area contributed by atoms with Gasteiger partial charge in [0.05, 0.1) is 6.20 Å². The summed E-state index contributed by atoms with van der Waals surface area (Å²) in [5.41, 5.74) is 6.51. The van der Waals surface area contributed by atoms with Crippen LogP contribution in [0.5, 0.6) is 5.75 Å². The molecular formula is C10H16N2O. The van der Waals surface area contributed by atoms with Crippen LogP contribution in [-0.2, 0) is 0 Å². The van der Waals surface area contributed by atoms with Crippen LogP contribution in [-0.4, -0.2) is 17.6 Å². The molecule has 0 aromatic carbocycles. The van der Waals surface area contributed by atoms with E-state index in [9.17, 15) is 0 Å². The summed E-state index contributed by atoms with van der Waals surface area (Å²) in [6, 6.07) is 3.85. The number of aromatic nitrogens is 1. The van der Waals surface area contributed by atoms with Crippen molar-refractivity contribution in [2.45, 2.75) is 26.4 Å². The number of nitrogens with two attached hydrogens (primary N) is 1. The van der Waals surface area contributed by atoms with Crippen molar-refractivity contribution in [1.29, 1.82) is 0 Å². The molecule has 1 heterocycles. The van der Waals surface area contributed by atoms with Crippen LogP contribution in [0.2, 0.25) is 0 Å². The highest BCUT2D eigenvalue weighted by Crippen LogP contribution is 2.11. The quantitative estimate of drug-likeness (QED) is 0.764. The number of hydrogen-bond donors (Lipinski definition) is 1. The summed E-state index contributed by atoms with van der Waals surface area (Å²) in [6.07, 6.45) is 2.75. The summed E-state index contributed by atoms with van der Waals surface area (Å²) >= 11 is 0. The monoisotopic (exact) mass is 180 g/mol. The van der Waals surface area contributed by atoms with E-state index in [1.807, 2.05) is 19.1 Å². The van der Waals surface area contributed by atoms with Crippen LogP contribution in [0.15, 0.2) is 18.3 Å². The molecule has 1 aromatic heterocycles. The Morgan fingerprint density at radius 2 is 2.31 bits per heavy atom. The van der Waals surface area contributed by atoms with Crippen LogP contribution in [0.25, 0.3) is 0 Å². The van der Waals surface area contributed by atoms with Crippen molar-refractivity contribution in [1.82, 2.24) is 4.98 Å². The van der Waals surface area contributed by atoms with Crippen LogP contribution in [0, 0.1) is 6.92 Å². The molecule has 3 heteroatoms. The molecule has 0 amide bonds. The standard InChI is InChI=1S/C10H16N2O/c1-3-9(6-11)13-10-5-4-8(2)12-7-10/h4-5,7,9H,3,6,11H2,1-2H3. The van der Waals surface area contributed by atoms with Gasteiger partial charge in [-0.05, 0) is 25.5 Å². The van der Waals surface area contributed by atoms with E-state index in [1.165, 1.54) is 0 Å². The van der Waals surface area contributed by atoms with E-state index in [4.69, 9.17) is 10.5 Å². The molecule has 0 saturated carbocycles. The predicted octanol–water partition coefficient (Wildman–Crippen LogP) is 1.51. The fourth-order valence-corrected chi connectivity index (χ4v) is 1.01. The molecule has 1 aromatic rings. The molecule has 0 bridgehead atoms. The number of pyridine rings is 1. The first-order valence-corrected chi connectivity index (χ1v) is 4.55. The second-order valence-corrected chi connectivity index (χ2v) is 3.02. The Hall–Kier alpha value is -1.09. The number of ether oxygens (including phenoxy) is 1. The second kappa shape index (κ2) is 4.82. The Morgan fingerprint density at radius 1 is 1.54 bits per heavy atom. The molecule has 0 fully saturated rings. The summed E-state index contributed by atoms with van der Waals surface area (Å²) < 4.78 is 5.58. The Kier molecular flexibility index (Phi) is 3.71. The lowest BCUT2D eigenvalue weighted by molar-refractivity contribution is 0.204. The van der Waals surface area contributed by atoms with Gasteiger partial charge >= 0.3 is 0 Å². The van der Waals surface area contributed by atoms with Gasteiger partial charge in [0.2, 0.25) is 0 Å². The minimum atomic E-state index is 0.101. The summed E-state index contributed by atoms with van der Waals surface area (Å²) in [5.74, 6) is 0.794. The van der Waals surface area contributed by atoms with Crippen molar-refractivity contribution >= 4 is 0 Å². The molecule has 13 heavy (non-hydrogen) atoms. The highest BCUT2D eigenvalue weighted by molar-refractivity contribution is 5.19. The third-order valence-electron chi connectivity index (χ3n) is 1.91. The van der Waals surface area contributed by atoms with Crippen LogP contribution in [0.1, 0.15) is 19.0 Å². The van der Waals surface area contributed by atoms with Crippen LogP contribution in [0.4, 0.5) is 0 Å². The Morgan fingerprint density at radius 3 is 2.77 bits per heavy atom. The zero-order valence-corrected chi connectivity index (χ0v) is 8.16. The van der Waals surface area contributed by atoms with E-state index in [1.54, 1.807) is 6.20 Å². The third kappa shape index (κ3) is 3.03. The van der Waals surface area contributed by atoms with Crippen molar-refractivity contribution in [2.75, 3.05) is 6.54 Å². The topological polar surface area (TPSA) is 48.1 Å². The molecular weight excluding hydrogens is 164 g/mol. The average molecular weight is 180 g/mol. The predicted molar refractivity (Wildman–Crippen MR) is 52.7 cm³/mol. The number of aryl methyl sites for hydroxylation is 1. The summed E-state index contributed by atoms with van der Waals surface area (Å²) in [5, 5.41) is 0. The lowest BCUT2D eigenvalue weighted by atomic mass is 10.3. The van der Waals surface area contributed by atoms with Crippen molar-refractivity contribution in [3.63, 3.8) is 0 Å². The van der Waals surface area contributed by atoms with Gasteiger partial charge in [-0.25, -0.2) is 0 Å². The van der Waals surface area contributed by atoms with Gasteiger partial charge in [-0.15, -0.1) is 0 Å². The first-order valence-electron chi connectivity index (χ1n) is 4.55. The van der Waals surface area contributed by atoms with Crippen LogP contribution in [0.3, 0.4) is 0 Å². The van der Waals surface area contributed by atoms with Gasteiger partial charge in [-0.2, -0.15) is 0 Å². The number of nitrogens with zero attached hydrogens (tertiary/aromatic N) is 1. The largest absolute Gasteiger partial charge is 0.488 e. The van der Waals surface area contributed by atoms with Crippen molar-refractivity contribution < 1.29 is 4.74 Å². The van der Waals surface area contributed by atoms with Gasteiger partial charge in [0.15, 0.2) is 0 Å². The molecule has 1 rings (SSSR count). The highest BCUT2D eigenvalue weighted by Gasteiger charge is 2.04. The normalized spacial score (nSPS) is 12.5. The average Bonchev–Trinajstić information content (AvgIpc) is 2.17. The summed E-state index contributed by atoms with van der Waals surface area (Å²) in [4.78, 5) is 4.13. The maximum absolute atomic E-state index is 5.58. The molecule has 0 radical (unpaired) electrons. The zero-order chi connectivity index (χ0) is 9.68. The van der Waals surface area contributed by atoms with Crippen LogP contribution >= 0.6 is 0 Å². The highest BCUT2D eigenvalue weighted by atomic mass is 16.5. The van der Waals surface area contributed by atoms with Gasteiger partial charge in [0, 0.05) is 12.2 Å². The van der Waals surface area contributed by atoms with Crippen molar-refractivity contribution in [3.05, 3.63) is 24.0 Å². The molecule has 0 saturated heterocycles. The first kappa shape index (κ1) is 9.99. The molecule has 1 atom stereocenters. The summed E-state index contributed by atoms with van der Waals surface area (Å²) in [6.45, 7) is 4.55. The summed E-state index contributed by atoms with van der Waals surface area (Å²) in [7, 11) is 0. The molecule has 1 unspecified atom stereocenters. The first-order chi connectivity index (χ1) is 6.26. The van der Waals surface area contributed by atoms with Crippen LogP contribution < -0.4 is 10.5 Å². The smallest absolute Gasteiger partial charge is 0.138 e. The Balaban J connectivity index is 2.58. The Bertz CT molecular complexity index is 242. The lowest BCUT2D eigenvalue weighted by Gasteiger charge is -2.14. The van der Waals surface area contributed by atoms with Crippen molar-refractivity contribution in [3.8, 4) is 5.75 Å². The van der Waals surface area contributed by atoms with E-state index < -0.39 is 0 Å². The number of hydrogen-bond acceptors (Lipinski definition) is 3. The van der Waals surface area contributed by atoms with E-state index in [-0.39, 0.29) is 6.10 Å². The van der Waals surface area contributed by atoms with Gasteiger partial charge in [-0.1, -0.05) is 6.92 Å². The molecule has 3 nitrogen and oxygen atoms in total. The number of rotatable bonds is 4.